The first kappa shape index (κ1) is 12.0. The van der Waals surface area contributed by atoms with Crippen molar-refractivity contribution in [3.8, 4) is 5.75 Å². The maximum absolute atomic E-state index is 11.1. The molecule has 2 heterocycles. The van der Waals surface area contributed by atoms with Crippen LogP contribution in [-0.4, -0.2) is 19.3 Å². The standard InChI is InChI=1S/C12H13NO3.ClH/c14-12-13-10(4-6-16-12)8-1-2-11-9(7-8)3-5-15-11;/h1-2,7,10H,3-6H2,(H,13,14);1H/t10-;/m1./s1. The van der Waals surface area contributed by atoms with E-state index in [0.717, 1.165) is 30.8 Å². The van der Waals surface area contributed by atoms with Gasteiger partial charge in [-0.15, -0.1) is 12.4 Å². The van der Waals surface area contributed by atoms with Crippen LogP contribution in [0.1, 0.15) is 23.6 Å². The van der Waals surface area contributed by atoms with Gasteiger partial charge in [0, 0.05) is 12.8 Å². The first-order chi connectivity index (χ1) is 7.83. The lowest BCUT2D eigenvalue weighted by Crippen LogP contribution is -2.35. The summed E-state index contributed by atoms with van der Waals surface area (Å²) in [5, 5.41) is 2.82. The molecule has 5 heteroatoms. The molecule has 1 N–H and O–H groups in total. The Hall–Kier alpha value is -1.42. The van der Waals surface area contributed by atoms with Gasteiger partial charge in [0.15, 0.2) is 0 Å². The molecule has 0 spiro atoms. The van der Waals surface area contributed by atoms with Gasteiger partial charge in [-0.2, -0.15) is 0 Å². The van der Waals surface area contributed by atoms with Crippen LogP contribution >= 0.6 is 12.4 Å². The third kappa shape index (κ3) is 2.31. The van der Waals surface area contributed by atoms with Crippen molar-refractivity contribution in [3.05, 3.63) is 29.3 Å². The molecule has 0 unspecified atom stereocenters. The number of nitrogens with one attached hydrogen (secondary N) is 1. The van der Waals surface area contributed by atoms with Gasteiger partial charge < -0.3 is 14.8 Å². The van der Waals surface area contributed by atoms with Crippen LogP contribution in [0.3, 0.4) is 0 Å². The smallest absolute Gasteiger partial charge is 0.407 e. The quantitative estimate of drug-likeness (QED) is 0.837. The van der Waals surface area contributed by atoms with Crippen molar-refractivity contribution < 1.29 is 14.3 Å². The summed E-state index contributed by atoms with van der Waals surface area (Å²) < 4.78 is 10.3. The summed E-state index contributed by atoms with van der Waals surface area (Å²) in [5.41, 5.74) is 2.37. The topological polar surface area (TPSA) is 47.6 Å². The van der Waals surface area contributed by atoms with Crippen LogP contribution in [0, 0.1) is 0 Å². The summed E-state index contributed by atoms with van der Waals surface area (Å²) in [7, 11) is 0. The minimum absolute atomic E-state index is 0. The van der Waals surface area contributed by atoms with E-state index in [4.69, 9.17) is 9.47 Å². The highest BCUT2D eigenvalue weighted by molar-refractivity contribution is 5.85. The Kier molecular flexibility index (Phi) is 3.43. The number of benzene rings is 1. The van der Waals surface area contributed by atoms with Crippen LogP contribution in [-0.2, 0) is 11.2 Å². The van der Waals surface area contributed by atoms with E-state index in [1.807, 2.05) is 12.1 Å². The zero-order valence-corrected chi connectivity index (χ0v) is 10.1. The summed E-state index contributed by atoms with van der Waals surface area (Å²) in [6.45, 7) is 1.25. The molecule has 1 amide bonds. The Morgan fingerprint density at radius 1 is 1.24 bits per heavy atom. The summed E-state index contributed by atoms with van der Waals surface area (Å²) in [5.74, 6) is 0.974. The maximum Gasteiger partial charge on any atom is 0.407 e. The molecule has 0 aromatic heterocycles. The summed E-state index contributed by atoms with van der Waals surface area (Å²) in [6.07, 6.45) is 1.46. The molecule has 1 aromatic carbocycles. The van der Waals surface area contributed by atoms with Crippen LogP contribution in [0.5, 0.6) is 5.75 Å². The molecular weight excluding hydrogens is 242 g/mol. The number of carbonyl (C=O) groups excluding carboxylic acids is 1. The third-order valence-corrected chi connectivity index (χ3v) is 3.05. The summed E-state index contributed by atoms with van der Waals surface area (Å²) in [4.78, 5) is 11.1. The number of halogens is 1. The zero-order valence-electron chi connectivity index (χ0n) is 9.27. The number of ether oxygens (including phenoxy) is 2. The van der Waals surface area contributed by atoms with Crippen LogP contribution in [0.25, 0.3) is 0 Å². The lowest BCUT2D eigenvalue weighted by molar-refractivity contribution is 0.115. The monoisotopic (exact) mass is 255 g/mol. The molecule has 1 saturated heterocycles. The van der Waals surface area contributed by atoms with E-state index in [2.05, 4.69) is 11.4 Å². The van der Waals surface area contributed by atoms with Crippen LogP contribution in [0.15, 0.2) is 18.2 Å². The SMILES string of the molecule is Cl.O=C1N[C@@H](c2ccc3c(c2)CCO3)CCO1. The predicted molar refractivity (Wildman–Crippen MR) is 64.7 cm³/mol. The Bertz CT molecular complexity index is 436. The molecule has 17 heavy (non-hydrogen) atoms. The van der Waals surface area contributed by atoms with Crippen molar-refractivity contribution in [1.82, 2.24) is 5.32 Å². The van der Waals surface area contributed by atoms with Crippen LogP contribution in [0.2, 0.25) is 0 Å². The van der Waals surface area contributed by atoms with Crippen molar-refractivity contribution in [2.24, 2.45) is 0 Å². The molecule has 0 bridgehead atoms. The number of carbonyl (C=O) groups is 1. The van der Waals surface area contributed by atoms with Crippen molar-refractivity contribution in [1.29, 1.82) is 0 Å². The molecule has 1 fully saturated rings. The second kappa shape index (κ2) is 4.84. The van der Waals surface area contributed by atoms with Crippen LogP contribution < -0.4 is 10.1 Å². The number of hydrogen-bond acceptors (Lipinski definition) is 3. The summed E-state index contributed by atoms with van der Waals surface area (Å²) >= 11 is 0. The molecule has 2 aliphatic heterocycles. The minimum atomic E-state index is -0.326. The summed E-state index contributed by atoms with van der Waals surface area (Å²) in [6, 6.07) is 6.20. The Morgan fingerprint density at radius 2 is 2.12 bits per heavy atom. The van der Waals surface area contributed by atoms with Gasteiger partial charge in [0.1, 0.15) is 5.75 Å². The first-order valence-electron chi connectivity index (χ1n) is 5.52. The number of amides is 1. The lowest BCUT2D eigenvalue weighted by atomic mass is 10.00. The maximum atomic E-state index is 11.1. The Morgan fingerprint density at radius 3 is 2.94 bits per heavy atom. The average molecular weight is 256 g/mol. The van der Waals surface area contributed by atoms with Gasteiger partial charge in [0.05, 0.1) is 19.3 Å². The average Bonchev–Trinajstić information content (AvgIpc) is 2.75. The lowest BCUT2D eigenvalue weighted by Gasteiger charge is -2.23. The van der Waals surface area contributed by atoms with Crippen molar-refractivity contribution in [2.45, 2.75) is 18.9 Å². The fourth-order valence-corrected chi connectivity index (χ4v) is 2.20. The van der Waals surface area contributed by atoms with Gasteiger partial charge >= 0.3 is 6.09 Å². The second-order valence-electron chi connectivity index (χ2n) is 4.09. The van der Waals surface area contributed by atoms with Gasteiger partial charge in [-0.25, -0.2) is 4.79 Å². The molecule has 2 aliphatic rings. The molecule has 0 saturated carbocycles. The van der Waals surface area contributed by atoms with Gasteiger partial charge in [0.25, 0.3) is 0 Å². The Balaban J connectivity index is 0.00000108. The highest BCUT2D eigenvalue weighted by Gasteiger charge is 2.22. The molecule has 3 rings (SSSR count). The number of rotatable bonds is 1. The van der Waals surface area contributed by atoms with E-state index < -0.39 is 0 Å². The number of cyclic esters (lactones) is 1. The third-order valence-electron chi connectivity index (χ3n) is 3.05. The largest absolute Gasteiger partial charge is 0.493 e. The molecule has 0 aliphatic carbocycles. The molecule has 1 atom stereocenters. The molecule has 1 aromatic rings. The molecule has 0 radical (unpaired) electrons. The van der Waals surface area contributed by atoms with E-state index in [-0.39, 0.29) is 24.5 Å². The van der Waals surface area contributed by atoms with Gasteiger partial charge in [-0.05, 0) is 23.3 Å². The van der Waals surface area contributed by atoms with Gasteiger partial charge in [0.2, 0.25) is 0 Å². The fourth-order valence-electron chi connectivity index (χ4n) is 2.20. The van der Waals surface area contributed by atoms with Crippen molar-refractivity contribution >= 4 is 18.5 Å². The van der Waals surface area contributed by atoms with Crippen molar-refractivity contribution in [2.75, 3.05) is 13.2 Å². The molecular formula is C12H14ClNO3. The zero-order chi connectivity index (χ0) is 11.0. The van der Waals surface area contributed by atoms with E-state index in [0.29, 0.717) is 6.61 Å². The van der Waals surface area contributed by atoms with E-state index in [1.165, 1.54) is 5.56 Å². The first-order valence-corrected chi connectivity index (χ1v) is 5.52. The second-order valence-corrected chi connectivity index (χ2v) is 4.09. The van der Waals surface area contributed by atoms with E-state index >= 15 is 0 Å². The number of hydrogen-bond donors (Lipinski definition) is 1. The minimum Gasteiger partial charge on any atom is -0.493 e. The molecule has 4 nitrogen and oxygen atoms in total. The number of alkyl carbamates (subject to hydrolysis) is 1. The fraction of sp³-hybridized carbons (Fsp3) is 0.417. The van der Waals surface area contributed by atoms with Crippen molar-refractivity contribution in [3.63, 3.8) is 0 Å². The normalized spacial score (nSPS) is 21.6. The van der Waals surface area contributed by atoms with Gasteiger partial charge in [-0.1, -0.05) is 6.07 Å². The molecule has 92 valence electrons. The highest BCUT2D eigenvalue weighted by atomic mass is 35.5. The van der Waals surface area contributed by atoms with Gasteiger partial charge in [-0.3, -0.25) is 0 Å². The Labute approximate surface area is 106 Å². The highest BCUT2D eigenvalue weighted by Crippen LogP contribution is 2.29. The van der Waals surface area contributed by atoms with E-state index in [9.17, 15) is 4.79 Å². The van der Waals surface area contributed by atoms with E-state index in [1.54, 1.807) is 0 Å². The number of fused-ring (bicyclic) bond motifs is 1. The van der Waals surface area contributed by atoms with Crippen LogP contribution in [0.4, 0.5) is 4.79 Å². The predicted octanol–water partition coefficient (Wildman–Crippen LogP) is 2.21.